The molecule has 2 rings (SSSR count). The summed E-state index contributed by atoms with van der Waals surface area (Å²) in [6.07, 6.45) is 0. The molecule has 0 aromatic heterocycles. The molecule has 1 aromatic carbocycles. The molecular formula is C16H24F2N2O2. The molecule has 1 aliphatic rings. The minimum Gasteiger partial charge on any atom is -0.433 e. The molecule has 0 aliphatic carbocycles. The van der Waals surface area contributed by atoms with Crippen LogP contribution < -0.4 is 15.0 Å². The highest BCUT2D eigenvalue weighted by Gasteiger charge is 2.17. The number of benzene rings is 1. The Morgan fingerprint density at radius 2 is 1.95 bits per heavy atom. The summed E-state index contributed by atoms with van der Waals surface area (Å²) in [6, 6.07) is 5.39. The van der Waals surface area contributed by atoms with Crippen LogP contribution in [0.2, 0.25) is 0 Å². The molecule has 0 radical (unpaired) electrons. The van der Waals surface area contributed by atoms with Gasteiger partial charge >= 0.3 is 6.61 Å². The van der Waals surface area contributed by atoms with Gasteiger partial charge in [0, 0.05) is 31.4 Å². The molecule has 1 aromatic rings. The SMILES string of the molecule is CC(C)(C)CNc1ccc(N2CCOCC2)cc1OC(F)F. The summed E-state index contributed by atoms with van der Waals surface area (Å²) in [5.41, 5.74) is 1.51. The number of hydrogen-bond donors (Lipinski definition) is 1. The summed E-state index contributed by atoms with van der Waals surface area (Å²) in [5.74, 6) is 0.184. The van der Waals surface area contributed by atoms with Crippen LogP contribution in [0.5, 0.6) is 5.75 Å². The van der Waals surface area contributed by atoms with E-state index in [9.17, 15) is 8.78 Å². The van der Waals surface area contributed by atoms with Crippen molar-refractivity contribution in [1.29, 1.82) is 0 Å². The molecule has 1 N–H and O–H groups in total. The van der Waals surface area contributed by atoms with Gasteiger partial charge in [-0.1, -0.05) is 20.8 Å². The Balaban J connectivity index is 2.17. The van der Waals surface area contributed by atoms with Crippen molar-refractivity contribution in [2.75, 3.05) is 43.1 Å². The standard InChI is InChI=1S/C16H24F2N2O2/c1-16(2,3)11-19-13-5-4-12(10-14(13)22-15(17)18)20-6-8-21-9-7-20/h4-5,10,15,19H,6-9,11H2,1-3H3. The first-order chi connectivity index (χ1) is 10.3. The third-order valence-electron chi connectivity index (χ3n) is 3.37. The minimum absolute atomic E-state index is 0.0466. The molecule has 0 atom stereocenters. The van der Waals surface area contributed by atoms with E-state index in [1.165, 1.54) is 0 Å². The molecule has 1 aliphatic heterocycles. The van der Waals surface area contributed by atoms with Crippen molar-refractivity contribution in [3.8, 4) is 5.75 Å². The zero-order valence-electron chi connectivity index (χ0n) is 13.4. The molecule has 6 heteroatoms. The van der Waals surface area contributed by atoms with Gasteiger partial charge in [-0.25, -0.2) is 0 Å². The first-order valence-corrected chi connectivity index (χ1v) is 7.50. The third kappa shape index (κ3) is 5.02. The molecular weight excluding hydrogens is 290 g/mol. The molecule has 0 unspecified atom stereocenters. The van der Waals surface area contributed by atoms with E-state index in [1.54, 1.807) is 12.1 Å². The maximum atomic E-state index is 12.7. The van der Waals surface area contributed by atoms with E-state index in [0.29, 0.717) is 25.4 Å². The van der Waals surface area contributed by atoms with Crippen molar-refractivity contribution in [1.82, 2.24) is 0 Å². The molecule has 124 valence electrons. The van der Waals surface area contributed by atoms with Crippen LogP contribution in [0.3, 0.4) is 0 Å². The number of anilines is 2. The molecule has 0 saturated carbocycles. The summed E-state index contributed by atoms with van der Waals surface area (Å²) in [4.78, 5) is 2.11. The summed E-state index contributed by atoms with van der Waals surface area (Å²) < 4.78 is 35.3. The van der Waals surface area contributed by atoms with Gasteiger partial charge in [0.25, 0.3) is 0 Å². The van der Waals surface area contributed by atoms with E-state index in [-0.39, 0.29) is 11.2 Å². The average molecular weight is 314 g/mol. The van der Waals surface area contributed by atoms with E-state index in [1.807, 2.05) is 6.07 Å². The predicted molar refractivity (Wildman–Crippen MR) is 84.1 cm³/mol. The lowest BCUT2D eigenvalue weighted by molar-refractivity contribution is -0.0493. The maximum Gasteiger partial charge on any atom is 0.387 e. The quantitative estimate of drug-likeness (QED) is 0.900. The summed E-state index contributed by atoms with van der Waals surface area (Å²) in [6.45, 7) is 6.87. The molecule has 0 spiro atoms. The van der Waals surface area contributed by atoms with Gasteiger partial charge in [0.05, 0.1) is 18.9 Å². The van der Waals surface area contributed by atoms with Crippen molar-refractivity contribution in [3.05, 3.63) is 18.2 Å². The monoisotopic (exact) mass is 314 g/mol. The minimum atomic E-state index is -2.84. The second-order valence-corrected chi connectivity index (χ2v) is 6.57. The van der Waals surface area contributed by atoms with E-state index in [4.69, 9.17) is 4.74 Å². The molecule has 4 nitrogen and oxygen atoms in total. The number of halogens is 2. The predicted octanol–water partition coefficient (Wildman–Crippen LogP) is 3.58. The van der Waals surface area contributed by atoms with Crippen molar-refractivity contribution in [2.45, 2.75) is 27.4 Å². The van der Waals surface area contributed by atoms with Crippen molar-refractivity contribution in [2.24, 2.45) is 5.41 Å². The first kappa shape index (κ1) is 16.8. The van der Waals surface area contributed by atoms with E-state index in [0.717, 1.165) is 18.8 Å². The molecule has 0 amide bonds. The normalized spacial score (nSPS) is 16.0. The van der Waals surface area contributed by atoms with Crippen LogP contribution in [0.25, 0.3) is 0 Å². The van der Waals surface area contributed by atoms with Crippen LogP contribution in [-0.4, -0.2) is 39.5 Å². The molecule has 1 saturated heterocycles. The lowest BCUT2D eigenvalue weighted by Gasteiger charge is -2.29. The highest BCUT2D eigenvalue weighted by molar-refractivity contribution is 5.65. The largest absolute Gasteiger partial charge is 0.433 e. The second kappa shape index (κ2) is 7.13. The maximum absolute atomic E-state index is 12.7. The number of nitrogens with zero attached hydrogens (tertiary/aromatic N) is 1. The fraction of sp³-hybridized carbons (Fsp3) is 0.625. The number of nitrogens with one attached hydrogen (secondary N) is 1. The molecule has 1 heterocycles. The van der Waals surface area contributed by atoms with Gasteiger partial charge in [-0.05, 0) is 17.5 Å². The number of ether oxygens (including phenoxy) is 2. The average Bonchev–Trinajstić information content (AvgIpc) is 2.45. The number of hydrogen-bond acceptors (Lipinski definition) is 4. The van der Waals surface area contributed by atoms with Gasteiger partial charge in [0.15, 0.2) is 5.75 Å². The highest BCUT2D eigenvalue weighted by atomic mass is 19.3. The van der Waals surface area contributed by atoms with Gasteiger partial charge in [0.1, 0.15) is 0 Å². The third-order valence-corrected chi connectivity index (χ3v) is 3.37. The van der Waals surface area contributed by atoms with Crippen LogP contribution in [0.15, 0.2) is 18.2 Å². The van der Waals surface area contributed by atoms with Gasteiger partial charge < -0.3 is 19.7 Å². The summed E-state index contributed by atoms with van der Waals surface area (Å²) in [7, 11) is 0. The van der Waals surface area contributed by atoms with Crippen LogP contribution in [0.4, 0.5) is 20.2 Å². The molecule has 0 bridgehead atoms. The molecule has 1 fully saturated rings. The first-order valence-electron chi connectivity index (χ1n) is 7.50. The van der Waals surface area contributed by atoms with E-state index < -0.39 is 6.61 Å². The number of rotatable bonds is 5. The lowest BCUT2D eigenvalue weighted by atomic mass is 9.97. The Morgan fingerprint density at radius 3 is 2.55 bits per heavy atom. The topological polar surface area (TPSA) is 33.7 Å². The van der Waals surface area contributed by atoms with Crippen LogP contribution in [-0.2, 0) is 4.74 Å². The fourth-order valence-electron chi connectivity index (χ4n) is 2.23. The Morgan fingerprint density at radius 1 is 1.27 bits per heavy atom. The van der Waals surface area contributed by atoms with E-state index in [2.05, 4.69) is 35.7 Å². The van der Waals surface area contributed by atoms with E-state index >= 15 is 0 Å². The number of morpholine rings is 1. The lowest BCUT2D eigenvalue weighted by Crippen LogP contribution is -2.36. The van der Waals surface area contributed by atoms with Gasteiger partial charge in [-0.3, -0.25) is 0 Å². The van der Waals surface area contributed by atoms with Crippen LogP contribution in [0.1, 0.15) is 20.8 Å². The zero-order valence-corrected chi connectivity index (χ0v) is 13.4. The highest BCUT2D eigenvalue weighted by Crippen LogP contribution is 2.32. The van der Waals surface area contributed by atoms with Crippen molar-refractivity contribution < 1.29 is 18.3 Å². The Kier molecular flexibility index (Phi) is 5.45. The number of alkyl halides is 2. The Labute approximate surface area is 130 Å². The summed E-state index contributed by atoms with van der Waals surface area (Å²) in [5, 5.41) is 3.19. The van der Waals surface area contributed by atoms with Crippen LogP contribution >= 0.6 is 0 Å². The smallest absolute Gasteiger partial charge is 0.387 e. The fourth-order valence-corrected chi connectivity index (χ4v) is 2.23. The second-order valence-electron chi connectivity index (χ2n) is 6.57. The Hall–Kier alpha value is -1.56. The van der Waals surface area contributed by atoms with Crippen LogP contribution in [0, 0.1) is 5.41 Å². The molecule has 22 heavy (non-hydrogen) atoms. The van der Waals surface area contributed by atoms with Gasteiger partial charge in [-0.2, -0.15) is 8.78 Å². The van der Waals surface area contributed by atoms with Crippen molar-refractivity contribution in [3.63, 3.8) is 0 Å². The van der Waals surface area contributed by atoms with Gasteiger partial charge in [0.2, 0.25) is 0 Å². The van der Waals surface area contributed by atoms with Crippen molar-refractivity contribution >= 4 is 11.4 Å². The Bertz CT molecular complexity index is 484. The van der Waals surface area contributed by atoms with Gasteiger partial charge in [-0.15, -0.1) is 0 Å². The zero-order chi connectivity index (χ0) is 16.2. The summed E-state index contributed by atoms with van der Waals surface area (Å²) >= 11 is 0.